The summed E-state index contributed by atoms with van der Waals surface area (Å²) >= 11 is 14.0. The molecule has 10 heteroatoms. The van der Waals surface area contributed by atoms with Crippen LogP contribution in [0.5, 0.6) is 5.75 Å². The van der Waals surface area contributed by atoms with E-state index in [1.165, 1.54) is 30.6 Å². The summed E-state index contributed by atoms with van der Waals surface area (Å²) in [7, 11) is 1.61. The highest BCUT2D eigenvalue weighted by Gasteiger charge is 2.21. The van der Waals surface area contributed by atoms with Crippen molar-refractivity contribution in [1.82, 2.24) is 9.97 Å². The molecule has 166 valence electrons. The van der Waals surface area contributed by atoms with Crippen molar-refractivity contribution in [3.05, 3.63) is 45.0 Å². The first-order valence-corrected chi connectivity index (χ1v) is 11.4. The van der Waals surface area contributed by atoms with Gasteiger partial charge in [0.05, 0.1) is 21.9 Å². The lowest BCUT2D eigenvalue weighted by atomic mass is 9.89. The first kappa shape index (κ1) is 23.4. The van der Waals surface area contributed by atoms with Crippen LogP contribution in [0.4, 0.5) is 10.6 Å². The van der Waals surface area contributed by atoms with Crippen LogP contribution in [-0.4, -0.2) is 33.4 Å². The van der Waals surface area contributed by atoms with E-state index < -0.39 is 6.16 Å². The molecule has 3 N–H and O–H groups in total. The first-order chi connectivity index (χ1) is 14.9. The van der Waals surface area contributed by atoms with Crippen LogP contribution in [0.15, 0.2) is 24.3 Å². The third kappa shape index (κ3) is 6.35. The summed E-state index contributed by atoms with van der Waals surface area (Å²) in [5.41, 5.74) is 1.06. The van der Waals surface area contributed by atoms with Gasteiger partial charge in [0.25, 0.3) is 0 Å². The van der Waals surface area contributed by atoms with Crippen molar-refractivity contribution in [2.45, 2.75) is 44.6 Å². The van der Waals surface area contributed by atoms with Crippen LogP contribution >= 0.6 is 34.5 Å². The summed E-state index contributed by atoms with van der Waals surface area (Å²) in [6, 6.07) is 7.73. The SMILES string of the molecule is COc1ccc(CNc2nc(C3CCCCC3)nc3sc(Cl)cc23)cc1Cl.O=C(O)O. The lowest BCUT2D eigenvalue weighted by Gasteiger charge is -2.21. The second kappa shape index (κ2) is 10.8. The minimum absolute atomic E-state index is 0.444. The van der Waals surface area contributed by atoms with Gasteiger partial charge in [-0.05, 0) is 36.6 Å². The number of aromatic nitrogens is 2. The predicted octanol–water partition coefficient (Wildman–Crippen LogP) is 6.89. The average molecular weight is 484 g/mol. The lowest BCUT2D eigenvalue weighted by molar-refractivity contribution is 0.137. The molecular formula is C21H23Cl2N3O4S. The maximum atomic E-state index is 8.56. The Balaban J connectivity index is 0.000000628. The van der Waals surface area contributed by atoms with Gasteiger partial charge in [-0.25, -0.2) is 14.8 Å². The Morgan fingerprint density at radius 3 is 2.55 bits per heavy atom. The Hall–Kier alpha value is -2.29. The van der Waals surface area contributed by atoms with Gasteiger partial charge in [0.1, 0.15) is 22.2 Å². The quantitative estimate of drug-likeness (QED) is 0.362. The molecule has 4 rings (SSSR count). The molecule has 2 aromatic heterocycles. The van der Waals surface area contributed by atoms with Crippen molar-refractivity contribution in [3.63, 3.8) is 0 Å². The highest BCUT2D eigenvalue weighted by Crippen LogP contribution is 2.37. The molecule has 0 bridgehead atoms. The van der Waals surface area contributed by atoms with Crippen molar-refractivity contribution >= 4 is 56.7 Å². The van der Waals surface area contributed by atoms with Crippen LogP contribution in [-0.2, 0) is 6.54 Å². The van der Waals surface area contributed by atoms with Gasteiger partial charge in [-0.1, -0.05) is 48.5 Å². The van der Waals surface area contributed by atoms with Crippen molar-refractivity contribution in [1.29, 1.82) is 0 Å². The second-order valence-corrected chi connectivity index (χ2v) is 9.21. The van der Waals surface area contributed by atoms with Crippen LogP contribution in [0.25, 0.3) is 10.2 Å². The highest BCUT2D eigenvalue weighted by molar-refractivity contribution is 7.22. The molecule has 0 saturated heterocycles. The number of methoxy groups -OCH3 is 1. The molecule has 7 nitrogen and oxygen atoms in total. The average Bonchev–Trinajstić information content (AvgIpc) is 3.12. The zero-order valence-corrected chi connectivity index (χ0v) is 19.2. The van der Waals surface area contributed by atoms with E-state index in [0.29, 0.717) is 23.2 Å². The fourth-order valence-electron chi connectivity index (χ4n) is 3.59. The molecule has 0 amide bonds. The summed E-state index contributed by atoms with van der Waals surface area (Å²) in [5, 5.41) is 19.0. The maximum absolute atomic E-state index is 8.56. The highest BCUT2D eigenvalue weighted by atomic mass is 35.5. The number of benzene rings is 1. The summed E-state index contributed by atoms with van der Waals surface area (Å²) < 4.78 is 5.95. The van der Waals surface area contributed by atoms with Gasteiger partial charge in [-0.15, -0.1) is 11.3 Å². The minimum atomic E-state index is -1.83. The van der Waals surface area contributed by atoms with Gasteiger partial charge in [-0.3, -0.25) is 0 Å². The van der Waals surface area contributed by atoms with Crippen molar-refractivity contribution in [2.24, 2.45) is 0 Å². The van der Waals surface area contributed by atoms with E-state index in [0.717, 1.165) is 44.6 Å². The Bertz CT molecular complexity index is 1050. The summed E-state index contributed by atoms with van der Waals surface area (Å²) in [4.78, 5) is 19.2. The van der Waals surface area contributed by atoms with Crippen molar-refractivity contribution < 1.29 is 19.7 Å². The number of hydrogen-bond acceptors (Lipinski definition) is 6. The van der Waals surface area contributed by atoms with E-state index in [9.17, 15) is 0 Å². The number of thiophene rings is 1. The number of carbonyl (C=O) groups is 1. The molecule has 0 aliphatic heterocycles. The van der Waals surface area contributed by atoms with Crippen molar-refractivity contribution in [2.75, 3.05) is 12.4 Å². The van der Waals surface area contributed by atoms with E-state index in [1.807, 2.05) is 24.3 Å². The van der Waals surface area contributed by atoms with E-state index in [2.05, 4.69) is 5.32 Å². The molecule has 1 aliphatic rings. The molecule has 1 aromatic carbocycles. The zero-order valence-electron chi connectivity index (χ0n) is 16.9. The molecular weight excluding hydrogens is 461 g/mol. The number of carboxylic acid groups (broad SMARTS) is 2. The van der Waals surface area contributed by atoms with Gasteiger partial charge < -0.3 is 20.3 Å². The minimum Gasteiger partial charge on any atom is -0.495 e. The number of rotatable bonds is 5. The molecule has 3 aromatic rings. The van der Waals surface area contributed by atoms with Gasteiger partial charge in [0.2, 0.25) is 0 Å². The molecule has 0 atom stereocenters. The van der Waals surface area contributed by atoms with Gasteiger partial charge in [0, 0.05) is 12.5 Å². The van der Waals surface area contributed by atoms with Crippen LogP contribution in [0, 0.1) is 0 Å². The molecule has 1 saturated carbocycles. The summed E-state index contributed by atoms with van der Waals surface area (Å²) in [5.74, 6) is 2.90. The molecule has 0 spiro atoms. The largest absolute Gasteiger partial charge is 0.503 e. The third-order valence-corrected chi connectivity index (χ3v) is 6.48. The second-order valence-electron chi connectivity index (χ2n) is 7.14. The lowest BCUT2D eigenvalue weighted by Crippen LogP contribution is -2.11. The molecule has 1 fully saturated rings. The van der Waals surface area contributed by atoms with Crippen LogP contribution < -0.4 is 10.1 Å². The van der Waals surface area contributed by atoms with E-state index in [4.69, 9.17) is 52.9 Å². The number of nitrogens with zero attached hydrogens (tertiary/aromatic N) is 2. The van der Waals surface area contributed by atoms with Gasteiger partial charge in [-0.2, -0.15) is 0 Å². The molecule has 1 aliphatic carbocycles. The number of halogens is 2. The Labute approximate surface area is 194 Å². The Morgan fingerprint density at radius 2 is 1.90 bits per heavy atom. The van der Waals surface area contributed by atoms with E-state index >= 15 is 0 Å². The number of nitrogens with one attached hydrogen (secondary N) is 1. The molecule has 0 radical (unpaired) electrons. The molecule has 2 heterocycles. The normalized spacial score (nSPS) is 14.0. The monoisotopic (exact) mass is 483 g/mol. The van der Waals surface area contributed by atoms with Crippen LogP contribution in [0.2, 0.25) is 9.36 Å². The predicted molar refractivity (Wildman–Crippen MR) is 124 cm³/mol. The van der Waals surface area contributed by atoms with E-state index in [-0.39, 0.29) is 0 Å². The topological polar surface area (TPSA) is 105 Å². The Kier molecular flexibility index (Phi) is 8.17. The molecule has 0 unspecified atom stereocenters. The first-order valence-electron chi connectivity index (χ1n) is 9.82. The maximum Gasteiger partial charge on any atom is 0.503 e. The van der Waals surface area contributed by atoms with Crippen LogP contribution in [0.1, 0.15) is 49.4 Å². The van der Waals surface area contributed by atoms with Gasteiger partial charge >= 0.3 is 6.16 Å². The smallest absolute Gasteiger partial charge is 0.495 e. The van der Waals surface area contributed by atoms with E-state index in [1.54, 1.807) is 7.11 Å². The summed E-state index contributed by atoms with van der Waals surface area (Å²) in [6.45, 7) is 0.618. The van der Waals surface area contributed by atoms with Gasteiger partial charge in [0.15, 0.2) is 0 Å². The zero-order chi connectivity index (χ0) is 22.4. The number of fused-ring (bicyclic) bond motifs is 1. The fraction of sp³-hybridized carbons (Fsp3) is 0.381. The van der Waals surface area contributed by atoms with Crippen LogP contribution in [0.3, 0.4) is 0 Å². The van der Waals surface area contributed by atoms with Crippen molar-refractivity contribution in [3.8, 4) is 5.75 Å². The summed E-state index contributed by atoms with van der Waals surface area (Å²) in [6.07, 6.45) is 4.32. The number of anilines is 1. The molecule has 31 heavy (non-hydrogen) atoms. The number of ether oxygens (including phenoxy) is 1. The fourth-order valence-corrected chi connectivity index (χ4v) is 4.97. The standard InChI is InChI=1S/C20H21Cl2N3OS.CH2O3/c1-26-16-8-7-12(9-15(16)21)11-23-19-14-10-17(22)27-20(14)25-18(24-19)13-5-3-2-4-6-13;2-1(3)4/h7-10,13H,2-6,11H2,1H3,(H,23,24,25);(H2,2,3,4). The number of hydrogen-bond donors (Lipinski definition) is 3. The Morgan fingerprint density at radius 1 is 1.19 bits per heavy atom. The third-order valence-electron chi connectivity index (χ3n) is 5.03.